The van der Waals surface area contributed by atoms with Crippen LogP contribution >= 0.6 is 11.6 Å². The third-order valence-corrected chi connectivity index (χ3v) is 4.29. The average molecular weight is 348 g/mol. The second-order valence-electron chi connectivity index (χ2n) is 5.72. The van der Waals surface area contributed by atoms with E-state index in [2.05, 4.69) is 15.1 Å². The van der Waals surface area contributed by atoms with E-state index in [-0.39, 0.29) is 23.9 Å². The molecule has 4 rings (SSSR count). The summed E-state index contributed by atoms with van der Waals surface area (Å²) in [5.41, 5.74) is 1.38. The molecule has 0 saturated carbocycles. The first-order chi connectivity index (χ1) is 11.5. The molecule has 24 heavy (non-hydrogen) atoms. The fourth-order valence-corrected chi connectivity index (χ4v) is 3.08. The van der Waals surface area contributed by atoms with Crippen LogP contribution in [0.25, 0.3) is 22.2 Å². The Labute approximate surface area is 141 Å². The molecule has 1 N–H and O–H groups in total. The monoisotopic (exact) mass is 347 g/mol. The first-order valence-electron chi connectivity index (χ1n) is 7.37. The van der Waals surface area contributed by atoms with E-state index in [9.17, 15) is 9.90 Å². The lowest BCUT2D eigenvalue weighted by Gasteiger charge is -2.16. The average Bonchev–Trinajstić information content (AvgIpc) is 3.16. The first kappa shape index (κ1) is 15.3. The molecule has 4 heterocycles. The van der Waals surface area contributed by atoms with E-state index in [0.717, 1.165) is 5.56 Å². The summed E-state index contributed by atoms with van der Waals surface area (Å²) in [5, 5.41) is 14.6. The molecule has 1 aliphatic rings. The van der Waals surface area contributed by atoms with Gasteiger partial charge in [0.25, 0.3) is 5.56 Å². The van der Waals surface area contributed by atoms with Gasteiger partial charge in [0, 0.05) is 18.8 Å². The lowest BCUT2D eigenvalue weighted by atomic mass is 10.1. The molecule has 124 valence electrons. The normalized spacial score (nSPS) is 20.8. The number of pyridine rings is 1. The summed E-state index contributed by atoms with van der Waals surface area (Å²) in [6, 6.07) is 1.04. The van der Waals surface area contributed by atoms with Crippen LogP contribution in [-0.2, 0) is 11.8 Å². The standard InChI is InChI=1S/C15H14ClN5O3/c1-20-4-8(3-18-20)13-14-9(2-12(16)19-13)15(23)21(7-17-14)10-5-24-6-11(10)22/h2-4,7,10-11,22H,5-6H2,1H3/t10-,11-/m1/s1. The number of rotatable bonds is 2. The van der Waals surface area contributed by atoms with Crippen LogP contribution in [0, 0.1) is 0 Å². The Morgan fingerprint density at radius 3 is 2.92 bits per heavy atom. The summed E-state index contributed by atoms with van der Waals surface area (Å²) in [7, 11) is 1.79. The molecule has 1 fully saturated rings. The number of aromatic nitrogens is 5. The zero-order valence-corrected chi connectivity index (χ0v) is 13.5. The second-order valence-corrected chi connectivity index (χ2v) is 6.11. The molecule has 3 aromatic rings. The van der Waals surface area contributed by atoms with Crippen LogP contribution in [0.4, 0.5) is 0 Å². The van der Waals surface area contributed by atoms with Crippen LogP contribution in [0.3, 0.4) is 0 Å². The van der Waals surface area contributed by atoms with Crippen LogP contribution in [0.1, 0.15) is 6.04 Å². The molecule has 0 unspecified atom stereocenters. The Morgan fingerprint density at radius 1 is 1.42 bits per heavy atom. The maximum Gasteiger partial charge on any atom is 0.261 e. The number of nitrogens with zero attached hydrogens (tertiary/aromatic N) is 5. The van der Waals surface area contributed by atoms with Crippen molar-refractivity contribution >= 4 is 22.5 Å². The molecule has 1 aliphatic heterocycles. The van der Waals surface area contributed by atoms with Gasteiger partial charge in [-0.2, -0.15) is 5.10 Å². The van der Waals surface area contributed by atoms with Gasteiger partial charge < -0.3 is 9.84 Å². The van der Waals surface area contributed by atoms with Gasteiger partial charge in [-0.15, -0.1) is 0 Å². The Morgan fingerprint density at radius 2 is 2.25 bits per heavy atom. The first-order valence-corrected chi connectivity index (χ1v) is 7.74. The van der Waals surface area contributed by atoms with Crippen molar-refractivity contribution < 1.29 is 9.84 Å². The fourth-order valence-electron chi connectivity index (χ4n) is 2.89. The van der Waals surface area contributed by atoms with Crippen molar-refractivity contribution in [2.45, 2.75) is 12.1 Å². The van der Waals surface area contributed by atoms with Crippen molar-refractivity contribution in [3.63, 3.8) is 0 Å². The molecule has 1 saturated heterocycles. The summed E-state index contributed by atoms with van der Waals surface area (Å²) >= 11 is 6.10. The number of fused-ring (bicyclic) bond motifs is 1. The number of ether oxygens (including phenoxy) is 1. The van der Waals surface area contributed by atoms with E-state index in [0.29, 0.717) is 16.6 Å². The molecule has 0 radical (unpaired) electrons. The Balaban J connectivity index is 1.95. The lowest BCUT2D eigenvalue weighted by molar-refractivity contribution is 0.119. The lowest BCUT2D eigenvalue weighted by Crippen LogP contribution is -2.31. The summed E-state index contributed by atoms with van der Waals surface area (Å²) in [4.78, 5) is 21.5. The van der Waals surface area contributed by atoms with Gasteiger partial charge in [0.2, 0.25) is 0 Å². The summed E-state index contributed by atoms with van der Waals surface area (Å²) in [5.74, 6) is 0. The third-order valence-electron chi connectivity index (χ3n) is 4.09. The molecule has 8 nitrogen and oxygen atoms in total. The Kier molecular flexibility index (Phi) is 3.60. The number of hydrogen-bond donors (Lipinski definition) is 1. The number of aryl methyl sites for hydroxylation is 1. The fraction of sp³-hybridized carbons (Fsp3) is 0.333. The second kappa shape index (κ2) is 5.66. The van der Waals surface area contributed by atoms with Crippen LogP contribution in [0.5, 0.6) is 0 Å². The van der Waals surface area contributed by atoms with Crippen molar-refractivity contribution in [3.8, 4) is 11.3 Å². The molecular formula is C15H14ClN5O3. The zero-order chi connectivity index (χ0) is 16.8. The minimum absolute atomic E-state index is 0.196. The zero-order valence-electron chi connectivity index (χ0n) is 12.8. The molecule has 0 bridgehead atoms. The number of hydrogen-bond acceptors (Lipinski definition) is 6. The van der Waals surface area contributed by atoms with Crippen molar-refractivity contribution in [2.24, 2.45) is 7.05 Å². The third kappa shape index (κ3) is 2.39. The minimum atomic E-state index is -0.739. The van der Waals surface area contributed by atoms with Crippen molar-refractivity contribution in [1.29, 1.82) is 0 Å². The number of halogens is 1. The summed E-state index contributed by atoms with van der Waals surface area (Å²) in [6.07, 6.45) is 4.10. The van der Waals surface area contributed by atoms with E-state index in [1.807, 2.05) is 0 Å². The van der Waals surface area contributed by atoms with Crippen LogP contribution in [-0.4, -0.2) is 48.7 Å². The molecule has 0 amide bonds. The number of aliphatic hydroxyl groups excluding tert-OH is 1. The largest absolute Gasteiger partial charge is 0.388 e. The topological polar surface area (TPSA) is 95.1 Å². The molecule has 2 atom stereocenters. The minimum Gasteiger partial charge on any atom is -0.388 e. The van der Waals surface area contributed by atoms with Crippen LogP contribution < -0.4 is 5.56 Å². The van der Waals surface area contributed by atoms with Crippen molar-refractivity contribution in [2.75, 3.05) is 13.2 Å². The Bertz CT molecular complexity index is 983. The predicted octanol–water partition coefficient (Wildman–Crippen LogP) is 0.778. The van der Waals surface area contributed by atoms with E-state index in [4.69, 9.17) is 16.3 Å². The van der Waals surface area contributed by atoms with Crippen molar-refractivity contribution in [3.05, 3.63) is 40.3 Å². The van der Waals surface area contributed by atoms with E-state index in [1.54, 1.807) is 24.1 Å². The Hall–Kier alpha value is -2.29. The van der Waals surface area contributed by atoms with Crippen LogP contribution in [0.15, 0.2) is 29.6 Å². The van der Waals surface area contributed by atoms with E-state index in [1.165, 1.54) is 17.0 Å². The van der Waals surface area contributed by atoms with Gasteiger partial charge in [-0.05, 0) is 6.07 Å². The highest BCUT2D eigenvalue weighted by Gasteiger charge is 2.29. The van der Waals surface area contributed by atoms with Gasteiger partial charge in [-0.3, -0.25) is 14.0 Å². The van der Waals surface area contributed by atoms with E-state index >= 15 is 0 Å². The van der Waals surface area contributed by atoms with Crippen LogP contribution in [0.2, 0.25) is 5.15 Å². The molecule has 0 aromatic carbocycles. The molecule has 0 spiro atoms. The molecule has 0 aliphatic carbocycles. The highest BCUT2D eigenvalue weighted by molar-refractivity contribution is 6.30. The quantitative estimate of drug-likeness (QED) is 0.688. The van der Waals surface area contributed by atoms with Gasteiger partial charge in [-0.25, -0.2) is 9.97 Å². The van der Waals surface area contributed by atoms with Crippen molar-refractivity contribution in [1.82, 2.24) is 24.3 Å². The molecule has 9 heteroatoms. The number of aliphatic hydroxyl groups is 1. The predicted molar refractivity (Wildman–Crippen MR) is 86.9 cm³/mol. The highest BCUT2D eigenvalue weighted by atomic mass is 35.5. The summed E-state index contributed by atoms with van der Waals surface area (Å²) < 4.78 is 8.25. The smallest absolute Gasteiger partial charge is 0.261 e. The molecule has 3 aromatic heterocycles. The van der Waals surface area contributed by atoms with Gasteiger partial charge in [0.1, 0.15) is 22.5 Å². The molecular weight excluding hydrogens is 334 g/mol. The van der Waals surface area contributed by atoms with E-state index < -0.39 is 12.1 Å². The van der Waals surface area contributed by atoms with Gasteiger partial charge in [0.15, 0.2) is 0 Å². The summed E-state index contributed by atoms with van der Waals surface area (Å²) in [6.45, 7) is 0.468. The highest BCUT2D eigenvalue weighted by Crippen LogP contribution is 2.26. The van der Waals surface area contributed by atoms with Gasteiger partial charge in [-0.1, -0.05) is 11.6 Å². The maximum atomic E-state index is 12.9. The SMILES string of the molecule is Cn1cc(-c2nc(Cl)cc3c(=O)n([C@@H]4COC[C@H]4O)cnc23)cn1. The maximum absolute atomic E-state index is 12.9. The van der Waals surface area contributed by atoms with Gasteiger partial charge >= 0.3 is 0 Å². The van der Waals surface area contributed by atoms with Gasteiger partial charge in [0.05, 0.1) is 37.2 Å².